The molecule has 3 rings (SSSR count). The molecule has 2 aromatic carbocycles. The van der Waals surface area contributed by atoms with Gasteiger partial charge < -0.3 is 4.90 Å². The molecule has 3 heteroatoms. The maximum Gasteiger partial charge on any atom is 0.234 e. The Hall–Kier alpha value is -2.94. The van der Waals surface area contributed by atoms with Crippen molar-refractivity contribution in [1.82, 2.24) is 4.98 Å². The zero-order valence-corrected chi connectivity index (χ0v) is 13.7. The Labute approximate surface area is 142 Å². The quantitative estimate of drug-likeness (QED) is 0.698. The molecule has 0 saturated carbocycles. The van der Waals surface area contributed by atoms with Crippen LogP contribution in [0.4, 0.5) is 5.69 Å². The summed E-state index contributed by atoms with van der Waals surface area (Å²) in [6, 6.07) is 23.7. The summed E-state index contributed by atoms with van der Waals surface area (Å²) in [5, 5.41) is 0. The van der Waals surface area contributed by atoms with Crippen LogP contribution in [-0.2, 0) is 11.3 Å². The van der Waals surface area contributed by atoms with E-state index in [1.807, 2.05) is 84.6 Å². The van der Waals surface area contributed by atoms with Gasteiger partial charge in [-0.25, -0.2) is 0 Å². The maximum atomic E-state index is 13.2. The van der Waals surface area contributed by atoms with E-state index in [0.717, 1.165) is 16.8 Å². The van der Waals surface area contributed by atoms with Crippen molar-refractivity contribution >= 4 is 11.6 Å². The number of benzene rings is 2. The average Bonchev–Trinajstić information content (AvgIpc) is 2.67. The molecule has 120 valence electrons. The molecule has 1 amide bonds. The van der Waals surface area contributed by atoms with Gasteiger partial charge in [0, 0.05) is 18.1 Å². The molecule has 1 heterocycles. The molecule has 1 unspecified atom stereocenters. The fourth-order valence-corrected chi connectivity index (χ4v) is 2.70. The zero-order valence-electron chi connectivity index (χ0n) is 13.7. The lowest BCUT2D eigenvalue weighted by molar-refractivity contribution is -0.119. The largest absolute Gasteiger partial charge is 0.307 e. The lowest BCUT2D eigenvalue weighted by Crippen LogP contribution is -2.33. The third-order valence-corrected chi connectivity index (χ3v) is 4.09. The molecule has 1 aromatic heterocycles. The lowest BCUT2D eigenvalue weighted by Gasteiger charge is -2.26. The van der Waals surface area contributed by atoms with Crippen LogP contribution in [0.15, 0.2) is 85.2 Å². The first kappa shape index (κ1) is 15.9. The Morgan fingerprint density at radius 1 is 0.917 bits per heavy atom. The number of nitrogens with zero attached hydrogens (tertiary/aromatic N) is 2. The standard InChI is InChI=1S/C21H20N2O/c1-17(19-10-6-3-7-11-19)21(24)23(20-12-14-22-15-13-20)16-18-8-4-2-5-9-18/h2-15,17H,16H2,1H3. The van der Waals surface area contributed by atoms with E-state index in [9.17, 15) is 4.79 Å². The van der Waals surface area contributed by atoms with Crippen LogP contribution in [0.25, 0.3) is 0 Å². The third-order valence-electron chi connectivity index (χ3n) is 4.09. The number of hydrogen-bond donors (Lipinski definition) is 0. The number of aromatic nitrogens is 1. The summed E-state index contributed by atoms with van der Waals surface area (Å²) in [6.45, 7) is 2.50. The van der Waals surface area contributed by atoms with Crippen molar-refractivity contribution < 1.29 is 4.79 Å². The highest BCUT2D eigenvalue weighted by atomic mass is 16.2. The van der Waals surface area contributed by atoms with Crippen molar-refractivity contribution in [1.29, 1.82) is 0 Å². The highest BCUT2D eigenvalue weighted by molar-refractivity contribution is 5.97. The second-order valence-corrected chi connectivity index (χ2v) is 5.75. The van der Waals surface area contributed by atoms with Gasteiger partial charge in [0.2, 0.25) is 5.91 Å². The first-order valence-electron chi connectivity index (χ1n) is 8.06. The molecule has 0 N–H and O–H groups in total. The van der Waals surface area contributed by atoms with Gasteiger partial charge in [-0.15, -0.1) is 0 Å². The molecular formula is C21H20N2O. The minimum absolute atomic E-state index is 0.0799. The van der Waals surface area contributed by atoms with E-state index >= 15 is 0 Å². The molecule has 0 aliphatic heterocycles. The SMILES string of the molecule is CC(C(=O)N(Cc1ccccc1)c1ccncc1)c1ccccc1. The molecule has 24 heavy (non-hydrogen) atoms. The summed E-state index contributed by atoms with van der Waals surface area (Å²) in [6.07, 6.45) is 3.43. The topological polar surface area (TPSA) is 33.2 Å². The van der Waals surface area contributed by atoms with Gasteiger partial charge in [0.05, 0.1) is 12.5 Å². The van der Waals surface area contributed by atoms with Crippen molar-refractivity contribution in [3.63, 3.8) is 0 Å². The zero-order chi connectivity index (χ0) is 16.8. The van der Waals surface area contributed by atoms with Crippen LogP contribution < -0.4 is 4.90 Å². The monoisotopic (exact) mass is 316 g/mol. The average molecular weight is 316 g/mol. The van der Waals surface area contributed by atoms with Crippen molar-refractivity contribution in [2.75, 3.05) is 4.90 Å². The molecule has 0 fully saturated rings. The predicted octanol–water partition coefficient (Wildman–Crippen LogP) is 4.42. The molecule has 0 radical (unpaired) electrons. The summed E-state index contributed by atoms with van der Waals surface area (Å²) in [7, 11) is 0. The Morgan fingerprint density at radius 3 is 2.12 bits per heavy atom. The van der Waals surface area contributed by atoms with Gasteiger partial charge in [-0.2, -0.15) is 0 Å². The van der Waals surface area contributed by atoms with E-state index in [2.05, 4.69) is 4.98 Å². The number of carbonyl (C=O) groups is 1. The van der Waals surface area contributed by atoms with E-state index in [-0.39, 0.29) is 11.8 Å². The molecule has 0 saturated heterocycles. The van der Waals surface area contributed by atoms with Gasteiger partial charge in [0.15, 0.2) is 0 Å². The van der Waals surface area contributed by atoms with E-state index in [4.69, 9.17) is 0 Å². The van der Waals surface area contributed by atoms with Crippen molar-refractivity contribution in [3.05, 3.63) is 96.3 Å². The van der Waals surface area contributed by atoms with Crippen molar-refractivity contribution in [2.24, 2.45) is 0 Å². The number of carbonyl (C=O) groups excluding carboxylic acids is 1. The van der Waals surface area contributed by atoms with Crippen LogP contribution in [0, 0.1) is 0 Å². The minimum Gasteiger partial charge on any atom is -0.307 e. The molecule has 0 aliphatic carbocycles. The van der Waals surface area contributed by atoms with Crippen molar-refractivity contribution in [2.45, 2.75) is 19.4 Å². The Balaban J connectivity index is 1.91. The molecule has 0 bridgehead atoms. The number of hydrogen-bond acceptors (Lipinski definition) is 2. The van der Waals surface area contributed by atoms with Crippen LogP contribution >= 0.6 is 0 Å². The maximum absolute atomic E-state index is 13.2. The van der Waals surface area contributed by atoms with E-state index in [0.29, 0.717) is 6.54 Å². The van der Waals surface area contributed by atoms with Crippen LogP contribution in [0.5, 0.6) is 0 Å². The number of rotatable bonds is 5. The summed E-state index contributed by atoms with van der Waals surface area (Å²) >= 11 is 0. The van der Waals surface area contributed by atoms with Gasteiger partial charge in [0.25, 0.3) is 0 Å². The second-order valence-electron chi connectivity index (χ2n) is 5.75. The summed E-state index contributed by atoms with van der Waals surface area (Å²) in [5.74, 6) is -0.126. The Bertz CT molecular complexity index is 773. The summed E-state index contributed by atoms with van der Waals surface area (Å²) in [4.78, 5) is 19.0. The summed E-state index contributed by atoms with van der Waals surface area (Å²) in [5.41, 5.74) is 2.99. The fourth-order valence-electron chi connectivity index (χ4n) is 2.70. The van der Waals surface area contributed by atoms with Gasteiger partial charge in [-0.3, -0.25) is 9.78 Å². The van der Waals surface area contributed by atoms with E-state index in [1.165, 1.54) is 0 Å². The third kappa shape index (κ3) is 3.69. The van der Waals surface area contributed by atoms with E-state index < -0.39 is 0 Å². The van der Waals surface area contributed by atoms with E-state index in [1.54, 1.807) is 12.4 Å². The van der Waals surface area contributed by atoms with Crippen LogP contribution in [0.3, 0.4) is 0 Å². The normalized spacial score (nSPS) is 11.7. The predicted molar refractivity (Wildman–Crippen MR) is 96.7 cm³/mol. The Kier molecular flexibility index (Phi) is 5.02. The van der Waals surface area contributed by atoms with Crippen LogP contribution in [0.1, 0.15) is 24.0 Å². The van der Waals surface area contributed by atoms with Gasteiger partial charge in [-0.1, -0.05) is 60.7 Å². The Morgan fingerprint density at radius 2 is 1.50 bits per heavy atom. The molecule has 0 aliphatic rings. The van der Waals surface area contributed by atoms with Crippen molar-refractivity contribution in [3.8, 4) is 0 Å². The van der Waals surface area contributed by atoms with Crippen LogP contribution in [-0.4, -0.2) is 10.9 Å². The van der Waals surface area contributed by atoms with Gasteiger partial charge >= 0.3 is 0 Å². The highest BCUT2D eigenvalue weighted by Gasteiger charge is 2.23. The molecular weight excluding hydrogens is 296 g/mol. The molecule has 3 nitrogen and oxygen atoms in total. The van der Waals surface area contributed by atoms with Gasteiger partial charge in [-0.05, 0) is 30.2 Å². The second kappa shape index (κ2) is 7.55. The number of amides is 1. The van der Waals surface area contributed by atoms with Crippen LogP contribution in [0.2, 0.25) is 0 Å². The smallest absolute Gasteiger partial charge is 0.234 e. The molecule has 3 aromatic rings. The molecule has 1 atom stereocenters. The highest BCUT2D eigenvalue weighted by Crippen LogP contribution is 2.24. The first-order valence-corrected chi connectivity index (χ1v) is 8.06. The summed E-state index contributed by atoms with van der Waals surface area (Å²) < 4.78 is 0. The number of pyridine rings is 1. The lowest BCUT2D eigenvalue weighted by atomic mass is 9.99. The minimum atomic E-state index is -0.205. The fraction of sp³-hybridized carbons (Fsp3) is 0.143. The first-order chi connectivity index (χ1) is 11.8. The number of anilines is 1. The molecule has 0 spiro atoms. The van der Waals surface area contributed by atoms with Gasteiger partial charge in [0.1, 0.15) is 0 Å².